The molecule has 2 saturated carbocycles. The second kappa shape index (κ2) is 18.9. The molecule has 272 valence electrons. The Balaban J connectivity index is 0.000000194. The standard InChI is InChI=1S/C20H29N3O2.C20H28N2O3/c21-14-19(24)17-10-8-16(9-11-17)15-23(18-6-2-3-7-18)20(25)22-12-4-1-5-13-22;1-25-19(23)17-11-9-16(10-12-17)15-22(18-7-3-4-8-18)20(24)21-13-5-2-6-14-21/h8-11,18H,1-7,12-15,21H2;9-12,18H,2-8,13-15H2,1H3. The number of Topliss-reactive ketones (excluding diaryl/α,β-unsaturated/α-hetero) is 1. The normalized spacial score (nSPS) is 18.3. The Morgan fingerprint density at radius 1 is 0.600 bits per heavy atom. The number of ether oxygens (including phenoxy) is 1. The van der Waals surface area contributed by atoms with Crippen molar-refractivity contribution in [3.05, 3.63) is 70.8 Å². The number of urea groups is 2. The Hall–Kier alpha value is -3.92. The molecule has 10 nitrogen and oxygen atoms in total. The molecule has 2 aliphatic carbocycles. The maximum atomic E-state index is 13.1. The summed E-state index contributed by atoms with van der Waals surface area (Å²) in [6, 6.07) is 16.0. The molecule has 50 heavy (non-hydrogen) atoms. The van der Waals surface area contributed by atoms with Crippen LogP contribution in [-0.2, 0) is 17.8 Å². The van der Waals surface area contributed by atoms with Gasteiger partial charge in [0.2, 0.25) is 0 Å². The van der Waals surface area contributed by atoms with Gasteiger partial charge in [-0.15, -0.1) is 0 Å². The molecule has 0 atom stereocenters. The number of nitrogens with two attached hydrogens (primary N) is 1. The zero-order valence-electron chi connectivity index (χ0n) is 30.0. The van der Waals surface area contributed by atoms with Crippen LogP contribution >= 0.6 is 0 Å². The minimum atomic E-state index is -0.330. The van der Waals surface area contributed by atoms with Crippen molar-refractivity contribution in [3.8, 4) is 0 Å². The predicted molar refractivity (Wildman–Crippen MR) is 195 cm³/mol. The number of hydrogen-bond acceptors (Lipinski definition) is 6. The summed E-state index contributed by atoms with van der Waals surface area (Å²) in [6.07, 6.45) is 16.1. The number of amides is 4. The summed E-state index contributed by atoms with van der Waals surface area (Å²) >= 11 is 0. The summed E-state index contributed by atoms with van der Waals surface area (Å²) in [5.74, 6) is -0.382. The SMILES string of the molecule is COC(=O)c1ccc(CN(C(=O)N2CCCCC2)C2CCCC2)cc1.NCC(=O)c1ccc(CN(C(=O)N2CCCCC2)C2CCCC2)cc1. The minimum Gasteiger partial charge on any atom is -0.465 e. The van der Waals surface area contributed by atoms with E-state index in [1.54, 1.807) is 12.1 Å². The molecule has 4 fully saturated rings. The van der Waals surface area contributed by atoms with E-state index in [4.69, 9.17) is 10.5 Å². The monoisotopic (exact) mass is 687 g/mol. The number of carbonyl (C=O) groups is 4. The molecule has 2 aliphatic heterocycles. The third-order valence-electron chi connectivity index (χ3n) is 10.8. The second-order valence-corrected chi connectivity index (χ2v) is 14.3. The number of piperidine rings is 2. The molecule has 0 spiro atoms. The Morgan fingerprint density at radius 3 is 1.34 bits per heavy atom. The van der Waals surface area contributed by atoms with E-state index < -0.39 is 0 Å². The van der Waals surface area contributed by atoms with E-state index in [2.05, 4.69) is 9.80 Å². The van der Waals surface area contributed by atoms with Crippen molar-refractivity contribution in [1.82, 2.24) is 19.6 Å². The summed E-state index contributed by atoms with van der Waals surface area (Å²) in [6.45, 7) is 4.78. The first-order valence-electron chi connectivity index (χ1n) is 19.0. The summed E-state index contributed by atoms with van der Waals surface area (Å²) in [7, 11) is 1.38. The maximum absolute atomic E-state index is 13.1. The lowest BCUT2D eigenvalue weighted by Crippen LogP contribution is -2.48. The summed E-state index contributed by atoms with van der Waals surface area (Å²) < 4.78 is 4.75. The van der Waals surface area contributed by atoms with Gasteiger partial charge < -0.3 is 30.1 Å². The lowest BCUT2D eigenvalue weighted by atomic mass is 10.1. The predicted octanol–water partition coefficient (Wildman–Crippen LogP) is 7.00. The van der Waals surface area contributed by atoms with Gasteiger partial charge >= 0.3 is 18.0 Å². The van der Waals surface area contributed by atoms with Gasteiger partial charge in [0.25, 0.3) is 0 Å². The highest BCUT2D eigenvalue weighted by atomic mass is 16.5. The summed E-state index contributed by atoms with van der Waals surface area (Å²) in [5, 5.41) is 0. The Bertz CT molecular complexity index is 1280. The van der Waals surface area contributed by atoms with Crippen LogP contribution in [0.25, 0.3) is 0 Å². The van der Waals surface area contributed by atoms with Crippen LogP contribution in [0.1, 0.15) is 122 Å². The van der Waals surface area contributed by atoms with Crippen LogP contribution in [0, 0.1) is 0 Å². The van der Waals surface area contributed by atoms with Gasteiger partial charge in [-0.1, -0.05) is 62.1 Å². The number of esters is 1. The van der Waals surface area contributed by atoms with Crippen LogP contribution in [0.15, 0.2) is 48.5 Å². The second-order valence-electron chi connectivity index (χ2n) is 14.3. The first-order chi connectivity index (χ1) is 24.4. The van der Waals surface area contributed by atoms with E-state index in [1.807, 2.05) is 46.2 Å². The lowest BCUT2D eigenvalue weighted by Gasteiger charge is -2.36. The number of benzene rings is 2. The van der Waals surface area contributed by atoms with E-state index in [1.165, 1.54) is 45.6 Å². The first kappa shape index (κ1) is 37.3. The molecule has 2 N–H and O–H groups in total. The fourth-order valence-electron chi connectivity index (χ4n) is 7.84. The molecule has 2 aromatic rings. The highest BCUT2D eigenvalue weighted by Gasteiger charge is 2.32. The van der Waals surface area contributed by atoms with Crippen molar-refractivity contribution in [2.24, 2.45) is 5.73 Å². The Labute approximate surface area is 298 Å². The van der Waals surface area contributed by atoms with Gasteiger partial charge in [-0.2, -0.15) is 0 Å². The van der Waals surface area contributed by atoms with Crippen molar-refractivity contribution in [2.75, 3.05) is 39.8 Å². The molecule has 4 aliphatic rings. The molecule has 2 heterocycles. The number of ketones is 1. The fourth-order valence-corrected chi connectivity index (χ4v) is 7.84. The summed E-state index contributed by atoms with van der Waals surface area (Å²) in [4.78, 5) is 57.6. The number of carbonyl (C=O) groups excluding carboxylic acids is 4. The molecular weight excluding hydrogens is 630 g/mol. The number of nitrogens with zero attached hydrogens (tertiary/aromatic N) is 4. The van der Waals surface area contributed by atoms with Crippen LogP contribution in [0.2, 0.25) is 0 Å². The quantitative estimate of drug-likeness (QED) is 0.224. The van der Waals surface area contributed by atoms with Crippen molar-refractivity contribution in [3.63, 3.8) is 0 Å². The molecule has 6 rings (SSSR count). The molecule has 2 saturated heterocycles. The molecule has 0 unspecified atom stereocenters. The highest BCUT2D eigenvalue weighted by molar-refractivity contribution is 5.97. The minimum absolute atomic E-state index is 0.0288. The third kappa shape index (κ3) is 10.1. The van der Waals surface area contributed by atoms with Crippen molar-refractivity contribution < 1.29 is 23.9 Å². The van der Waals surface area contributed by atoms with Crippen molar-refractivity contribution in [2.45, 2.75) is 115 Å². The van der Waals surface area contributed by atoms with Crippen LogP contribution < -0.4 is 5.73 Å². The zero-order valence-corrected chi connectivity index (χ0v) is 30.0. The lowest BCUT2D eigenvalue weighted by molar-refractivity contribution is 0.0600. The largest absolute Gasteiger partial charge is 0.465 e. The van der Waals surface area contributed by atoms with E-state index in [9.17, 15) is 19.2 Å². The fraction of sp³-hybridized carbons (Fsp3) is 0.600. The smallest absolute Gasteiger partial charge is 0.337 e. The Morgan fingerprint density at radius 2 is 0.980 bits per heavy atom. The van der Waals surface area contributed by atoms with Gasteiger partial charge in [-0.3, -0.25) is 4.79 Å². The maximum Gasteiger partial charge on any atom is 0.337 e. The van der Waals surface area contributed by atoms with Crippen LogP contribution in [0.3, 0.4) is 0 Å². The average Bonchev–Trinajstić information content (AvgIpc) is 3.92. The van der Waals surface area contributed by atoms with Crippen LogP contribution in [0.5, 0.6) is 0 Å². The number of rotatable bonds is 9. The first-order valence-corrected chi connectivity index (χ1v) is 19.0. The molecular formula is C40H57N5O5. The molecule has 0 aromatic heterocycles. The van der Waals surface area contributed by atoms with Crippen molar-refractivity contribution in [1.29, 1.82) is 0 Å². The van der Waals surface area contributed by atoms with E-state index in [0.29, 0.717) is 36.3 Å². The van der Waals surface area contributed by atoms with E-state index >= 15 is 0 Å². The number of hydrogen-bond donors (Lipinski definition) is 1. The molecule has 4 amide bonds. The van der Waals surface area contributed by atoms with Gasteiger partial charge in [0.15, 0.2) is 5.78 Å². The summed E-state index contributed by atoms with van der Waals surface area (Å²) in [5.41, 5.74) is 8.74. The molecule has 0 bridgehead atoms. The molecule has 10 heteroatoms. The molecule has 2 aromatic carbocycles. The van der Waals surface area contributed by atoms with Crippen LogP contribution in [0.4, 0.5) is 9.59 Å². The highest BCUT2D eigenvalue weighted by Crippen LogP contribution is 2.28. The molecule has 0 radical (unpaired) electrons. The van der Waals surface area contributed by atoms with Gasteiger partial charge in [0, 0.05) is 56.9 Å². The van der Waals surface area contributed by atoms with Gasteiger partial charge in [-0.05, 0) is 87.5 Å². The number of likely N-dealkylation sites (tertiary alicyclic amines) is 2. The van der Waals surface area contributed by atoms with Gasteiger partial charge in [0.05, 0.1) is 19.2 Å². The number of methoxy groups -OCH3 is 1. The van der Waals surface area contributed by atoms with Crippen LogP contribution in [-0.4, -0.2) is 95.3 Å². The van der Waals surface area contributed by atoms with Gasteiger partial charge in [0.1, 0.15) is 0 Å². The van der Waals surface area contributed by atoms with E-state index in [0.717, 1.165) is 88.7 Å². The average molecular weight is 688 g/mol. The third-order valence-corrected chi connectivity index (χ3v) is 10.8. The van der Waals surface area contributed by atoms with E-state index in [-0.39, 0.29) is 30.4 Å². The zero-order chi connectivity index (χ0) is 35.3. The van der Waals surface area contributed by atoms with Gasteiger partial charge in [-0.25, -0.2) is 14.4 Å². The van der Waals surface area contributed by atoms with Crippen molar-refractivity contribution >= 4 is 23.8 Å². The topological polar surface area (TPSA) is 116 Å². The Kier molecular flexibility index (Phi) is 14.1.